The van der Waals surface area contributed by atoms with E-state index in [2.05, 4.69) is 20.3 Å². The number of aliphatic hydroxyl groups excluding tert-OH is 3. The molecule has 2 aromatic heterocycles. The maximum atomic E-state index is 10.2. The van der Waals surface area contributed by atoms with Crippen molar-refractivity contribution in [2.24, 2.45) is 0 Å². The van der Waals surface area contributed by atoms with E-state index >= 15 is 0 Å². The lowest BCUT2D eigenvalue weighted by atomic mass is 10.1. The highest BCUT2D eigenvalue weighted by Gasteiger charge is 2.44. The molecule has 4 atom stereocenters. The van der Waals surface area contributed by atoms with Crippen LogP contribution in [0.4, 0.5) is 5.82 Å². The van der Waals surface area contributed by atoms with Gasteiger partial charge in [-0.05, 0) is 5.56 Å². The summed E-state index contributed by atoms with van der Waals surface area (Å²) in [7, 11) is 0. The van der Waals surface area contributed by atoms with Crippen LogP contribution in [0, 0.1) is 0 Å². The quantitative estimate of drug-likeness (QED) is 0.505. The molecule has 9 heteroatoms. The molecule has 4 N–H and O–H groups in total. The summed E-state index contributed by atoms with van der Waals surface area (Å²) in [5.41, 5.74) is 2.09. The second-order valence-corrected chi connectivity index (χ2v) is 6.11. The Bertz CT molecular complexity index is 887. The first-order valence-electron chi connectivity index (χ1n) is 8.27. The van der Waals surface area contributed by atoms with Gasteiger partial charge in [0, 0.05) is 6.54 Å². The van der Waals surface area contributed by atoms with Crippen molar-refractivity contribution in [1.29, 1.82) is 0 Å². The van der Waals surface area contributed by atoms with Gasteiger partial charge < -0.3 is 25.4 Å². The zero-order valence-corrected chi connectivity index (χ0v) is 13.8. The summed E-state index contributed by atoms with van der Waals surface area (Å²) < 4.78 is 7.08. The van der Waals surface area contributed by atoms with Crippen LogP contribution in [0.1, 0.15) is 11.8 Å². The van der Waals surface area contributed by atoms with Gasteiger partial charge in [-0.3, -0.25) is 4.57 Å². The van der Waals surface area contributed by atoms with Crippen molar-refractivity contribution in [3.8, 4) is 0 Å². The van der Waals surface area contributed by atoms with E-state index in [0.29, 0.717) is 23.5 Å². The van der Waals surface area contributed by atoms with Crippen molar-refractivity contribution >= 4 is 17.0 Å². The molecular weight excluding hydrogens is 338 g/mol. The van der Waals surface area contributed by atoms with Crippen LogP contribution < -0.4 is 5.32 Å². The van der Waals surface area contributed by atoms with Crippen LogP contribution in [0.2, 0.25) is 0 Å². The third kappa shape index (κ3) is 2.90. The van der Waals surface area contributed by atoms with Crippen LogP contribution in [-0.4, -0.2) is 59.8 Å². The van der Waals surface area contributed by atoms with Gasteiger partial charge in [0.05, 0.1) is 12.9 Å². The summed E-state index contributed by atoms with van der Waals surface area (Å²) in [5.74, 6) is 0.560. The highest BCUT2D eigenvalue weighted by molar-refractivity contribution is 5.82. The van der Waals surface area contributed by atoms with Crippen molar-refractivity contribution in [2.75, 3.05) is 11.9 Å². The van der Waals surface area contributed by atoms with Gasteiger partial charge in [-0.2, -0.15) is 0 Å². The Hall–Kier alpha value is -2.59. The van der Waals surface area contributed by atoms with Crippen LogP contribution in [0.5, 0.6) is 0 Å². The minimum absolute atomic E-state index is 0.389. The van der Waals surface area contributed by atoms with Gasteiger partial charge in [-0.15, -0.1) is 0 Å². The first kappa shape index (κ1) is 16.9. The van der Waals surface area contributed by atoms with Crippen LogP contribution >= 0.6 is 0 Å². The average Bonchev–Trinajstić information content (AvgIpc) is 3.23. The van der Waals surface area contributed by atoms with E-state index in [1.807, 2.05) is 30.3 Å². The number of ether oxygens (including phenoxy) is 1. The Balaban J connectivity index is 1.61. The molecule has 4 unspecified atom stereocenters. The Morgan fingerprint density at radius 2 is 1.88 bits per heavy atom. The SMILES string of the molecule is OCC1OC(n2cnc3c(NCc4ccccc4)ncnc32)C(O)C1O. The minimum Gasteiger partial charge on any atom is -0.394 e. The van der Waals surface area contributed by atoms with Gasteiger partial charge >= 0.3 is 0 Å². The molecule has 1 aliphatic heterocycles. The first-order chi connectivity index (χ1) is 12.7. The number of hydrogen-bond acceptors (Lipinski definition) is 8. The van der Waals surface area contributed by atoms with E-state index in [1.54, 1.807) is 0 Å². The van der Waals surface area contributed by atoms with Gasteiger partial charge in [-0.1, -0.05) is 30.3 Å². The van der Waals surface area contributed by atoms with Crippen LogP contribution in [0.3, 0.4) is 0 Å². The number of aromatic nitrogens is 4. The topological polar surface area (TPSA) is 126 Å². The maximum Gasteiger partial charge on any atom is 0.167 e. The van der Waals surface area contributed by atoms with Gasteiger partial charge in [0.25, 0.3) is 0 Å². The molecule has 0 spiro atoms. The van der Waals surface area contributed by atoms with E-state index in [9.17, 15) is 15.3 Å². The predicted octanol–water partition coefficient (Wildman–Crippen LogP) is 0.0499. The molecule has 4 rings (SSSR count). The highest BCUT2D eigenvalue weighted by Crippen LogP contribution is 2.32. The number of rotatable bonds is 5. The lowest BCUT2D eigenvalue weighted by molar-refractivity contribution is -0.0511. The molecule has 136 valence electrons. The van der Waals surface area contributed by atoms with E-state index in [4.69, 9.17) is 4.74 Å². The van der Waals surface area contributed by atoms with Gasteiger partial charge in [0.15, 0.2) is 23.2 Å². The molecule has 0 radical (unpaired) electrons. The number of benzene rings is 1. The normalized spacial score (nSPS) is 25.7. The summed E-state index contributed by atoms with van der Waals surface area (Å²) in [5, 5.41) is 32.6. The Labute approximate surface area is 148 Å². The molecule has 0 bridgehead atoms. The third-order valence-electron chi connectivity index (χ3n) is 4.45. The fourth-order valence-electron chi connectivity index (χ4n) is 3.06. The summed E-state index contributed by atoms with van der Waals surface area (Å²) in [6.45, 7) is 0.188. The fourth-order valence-corrected chi connectivity index (χ4v) is 3.06. The number of aliphatic hydroxyl groups is 3. The Morgan fingerprint density at radius 1 is 1.08 bits per heavy atom. The van der Waals surface area contributed by atoms with Crippen LogP contribution in [-0.2, 0) is 11.3 Å². The molecule has 0 amide bonds. The minimum atomic E-state index is -1.19. The molecule has 3 aromatic rings. The standard InChI is InChI=1S/C17H19N5O4/c23-7-11-13(24)14(25)17(26-11)22-9-21-12-15(19-8-20-16(12)22)18-6-10-4-2-1-3-5-10/h1-5,8-9,11,13-14,17,23-25H,6-7H2,(H,18,19,20). The average molecular weight is 357 g/mol. The molecule has 0 aliphatic carbocycles. The molecule has 1 aliphatic rings. The number of fused-ring (bicyclic) bond motifs is 1. The summed E-state index contributed by atoms with van der Waals surface area (Å²) >= 11 is 0. The smallest absolute Gasteiger partial charge is 0.167 e. The number of nitrogens with one attached hydrogen (secondary N) is 1. The Kier molecular flexibility index (Phi) is 4.51. The van der Waals surface area contributed by atoms with Crippen molar-refractivity contribution in [3.05, 3.63) is 48.5 Å². The van der Waals surface area contributed by atoms with E-state index < -0.39 is 24.5 Å². The second-order valence-electron chi connectivity index (χ2n) is 6.11. The predicted molar refractivity (Wildman–Crippen MR) is 92.1 cm³/mol. The van der Waals surface area contributed by atoms with Gasteiger partial charge in [-0.25, -0.2) is 15.0 Å². The molecule has 1 fully saturated rings. The fraction of sp³-hybridized carbons (Fsp3) is 0.353. The number of anilines is 1. The first-order valence-corrected chi connectivity index (χ1v) is 8.27. The van der Waals surface area contributed by atoms with Crippen molar-refractivity contribution in [1.82, 2.24) is 19.5 Å². The lowest BCUT2D eigenvalue weighted by Gasteiger charge is -2.16. The number of hydrogen-bond donors (Lipinski definition) is 4. The van der Waals surface area contributed by atoms with Crippen molar-refractivity contribution < 1.29 is 20.1 Å². The van der Waals surface area contributed by atoms with Crippen LogP contribution in [0.25, 0.3) is 11.2 Å². The molecule has 26 heavy (non-hydrogen) atoms. The monoisotopic (exact) mass is 357 g/mol. The van der Waals surface area contributed by atoms with E-state index in [1.165, 1.54) is 17.2 Å². The zero-order valence-electron chi connectivity index (χ0n) is 13.8. The summed E-state index contributed by atoms with van der Waals surface area (Å²) in [4.78, 5) is 12.8. The van der Waals surface area contributed by atoms with E-state index in [-0.39, 0.29) is 6.61 Å². The van der Waals surface area contributed by atoms with Gasteiger partial charge in [0.2, 0.25) is 0 Å². The molecular formula is C17H19N5O4. The molecule has 1 aromatic carbocycles. The third-order valence-corrected chi connectivity index (χ3v) is 4.45. The number of imidazole rings is 1. The maximum absolute atomic E-state index is 10.2. The summed E-state index contributed by atoms with van der Waals surface area (Å²) in [6.07, 6.45) is -1.24. The number of nitrogens with zero attached hydrogens (tertiary/aromatic N) is 4. The van der Waals surface area contributed by atoms with Crippen molar-refractivity contribution in [2.45, 2.75) is 31.1 Å². The largest absolute Gasteiger partial charge is 0.394 e. The van der Waals surface area contributed by atoms with Gasteiger partial charge in [0.1, 0.15) is 24.6 Å². The van der Waals surface area contributed by atoms with Crippen molar-refractivity contribution in [3.63, 3.8) is 0 Å². The molecule has 3 heterocycles. The molecule has 9 nitrogen and oxygen atoms in total. The summed E-state index contributed by atoms with van der Waals surface area (Å²) in [6, 6.07) is 9.88. The molecule has 1 saturated heterocycles. The zero-order chi connectivity index (χ0) is 18.1. The molecule has 0 saturated carbocycles. The van der Waals surface area contributed by atoms with E-state index in [0.717, 1.165) is 5.56 Å². The highest BCUT2D eigenvalue weighted by atomic mass is 16.6. The lowest BCUT2D eigenvalue weighted by Crippen LogP contribution is -2.33. The van der Waals surface area contributed by atoms with Crippen LogP contribution in [0.15, 0.2) is 43.0 Å². The Morgan fingerprint density at radius 3 is 2.62 bits per heavy atom. The second kappa shape index (κ2) is 6.96.